The van der Waals surface area contributed by atoms with Crippen LogP contribution in [-0.2, 0) is 32.0 Å². The van der Waals surface area contributed by atoms with E-state index in [1.807, 2.05) is 0 Å². The summed E-state index contributed by atoms with van der Waals surface area (Å²) in [5.41, 5.74) is 3.14. The Hall–Kier alpha value is -3.84. The van der Waals surface area contributed by atoms with Crippen LogP contribution in [0.25, 0.3) is 0 Å². The summed E-state index contributed by atoms with van der Waals surface area (Å²) in [5.74, 6) is 1.07. The molecule has 7 nitrogen and oxygen atoms in total. The number of unbranched alkanes of at least 4 members (excludes halogenated alkanes) is 2. The minimum absolute atomic E-state index is 0.0277. The van der Waals surface area contributed by atoms with Gasteiger partial charge in [-0.1, -0.05) is 130 Å². The SMILES string of the molecule is CCCCOc1c(C(C)(C)C)cc(C(O)(c2cc(C(C)(C)C)c(OCCCC)c(C(C)(C)C)c2)C(N=Cc2cc(C(=O)OC)ccc2O)C(C)CC)cc1C(C)(C)C. The van der Waals surface area contributed by atoms with E-state index in [0.29, 0.717) is 30.8 Å². The first-order valence-corrected chi connectivity index (χ1v) is 21.6. The van der Waals surface area contributed by atoms with Gasteiger partial charge in [-0.15, -0.1) is 0 Å². The van der Waals surface area contributed by atoms with Crippen molar-refractivity contribution in [3.63, 3.8) is 0 Å². The lowest BCUT2D eigenvalue weighted by Gasteiger charge is -2.42. The normalized spacial score (nSPS) is 14.1. The molecule has 0 bridgehead atoms. The van der Waals surface area contributed by atoms with E-state index in [-0.39, 0.29) is 33.3 Å². The van der Waals surface area contributed by atoms with Gasteiger partial charge in [0.2, 0.25) is 0 Å². The highest BCUT2D eigenvalue weighted by atomic mass is 16.5. The summed E-state index contributed by atoms with van der Waals surface area (Å²) in [6.07, 6.45) is 6.22. The van der Waals surface area contributed by atoms with E-state index >= 15 is 0 Å². The van der Waals surface area contributed by atoms with Gasteiger partial charge in [0.25, 0.3) is 0 Å². The van der Waals surface area contributed by atoms with Gasteiger partial charge >= 0.3 is 5.97 Å². The molecule has 0 aliphatic heterocycles. The molecule has 0 heterocycles. The van der Waals surface area contributed by atoms with Crippen molar-refractivity contribution in [2.45, 2.75) is 176 Å². The highest BCUT2D eigenvalue weighted by molar-refractivity contribution is 5.93. The van der Waals surface area contributed by atoms with Gasteiger partial charge in [-0.2, -0.15) is 0 Å². The first kappa shape index (κ1) is 48.5. The number of ether oxygens (including phenoxy) is 3. The summed E-state index contributed by atoms with van der Waals surface area (Å²) in [7, 11) is 1.33. The number of aliphatic imine (C=N–C) groups is 1. The van der Waals surface area contributed by atoms with Crippen molar-refractivity contribution in [3.8, 4) is 17.2 Å². The van der Waals surface area contributed by atoms with E-state index in [1.165, 1.54) is 19.2 Å². The molecule has 2 unspecified atom stereocenters. The molecule has 3 aromatic carbocycles. The number of aliphatic hydroxyl groups is 1. The maximum absolute atomic E-state index is 14.3. The van der Waals surface area contributed by atoms with Crippen LogP contribution in [0, 0.1) is 5.92 Å². The number of hydrogen-bond acceptors (Lipinski definition) is 7. The van der Waals surface area contributed by atoms with Gasteiger partial charge in [-0.25, -0.2) is 4.79 Å². The Labute approximate surface area is 352 Å². The molecule has 0 radical (unpaired) electrons. The van der Waals surface area contributed by atoms with Gasteiger partial charge in [0.1, 0.15) is 22.8 Å². The summed E-state index contributed by atoms with van der Waals surface area (Å²) < 4.78 is 18.4. The lowest BCUT2D eigenvalue weighted by atomic mass is 9.68. The molecule has 3 aromatic rings. The van der Waals surface area contributed by atoms with Crippen molar-refractivity contribution in [3.05, 3.63) is 87.0 Å². The van der Waals surface area contributed by atoms with Crippen LogP contribution >= 0.6 is 0 Å². The fraction of sp³-hybridized carbons (Fsp3) is 0.608. The summed E-state index contributed by atoms with van der Waals surface area (Å²) in [6, 6.07) is 12.4. The van der Waals surface area contributed by atoms with Gasteiger partial charge in [0.05, 0.1) is 31.9 Å². The number of rotatable bonds is 16. The van der Waals surface area contributed by atoms with Crippen LogP contribution in [0.15, 0.2) is 47.5 Å². The van der Waals surface area contributed by atoms with Crippen molar-refractivity contribution in [1.82, 2.24) is 0 Å². The Kier molecular flexibility index (Phi) is 15.9. The third kappa shape index (κ3) is 11.2. The maximum Gasteiger partial charge on any atom is 0.337 e. The molecule has 0 aliphatic rings. The molecule has 2 atom stereocenters. The molecular weight excluding hydrogens is 723 g/mol. The number of carbonyl (C=O) groups excluding carboxylic acids is 1. The number of esters is 1. The second kappa shape index (κ2) is 19.0. The molecule has 0 fully saturated rings. The lowest BCUT2D eigenvalue weighted by molar-refractivity contribution is 0.0323. The van der Waals surface area contributed by atoms with Crippen molar-refractivity contribution in [1.29, 1.82) is 0 Å². The molecule has 0 aliphatic carbocycles. The van der Waals surface area contributed by atoms with E-state index in [0.717, 1.165) is 70.6 Å². The Morgan fingerprint density at radius 1 is 0.690 bits per heavy atom. The zero-order valence-corrected chi connectivity index (χ0v) is 39.2. The molecule has 3 rings (SSSR count). The highest BCUT2D eigenvalue weighted by Gasteiger charge is 2.46. The number of aromatic hydroxyl groups is 1. The minimum Gasteiger partial charge on any atom is -0.507 e. The third-order valence-electron chi connectivity index (χ3n) is 11.2. The minimum atomic E-state index is -1.69. The predicted octanol–water partition coefficient (Wildman–Crippen LogP) is 12.5. The Balaban J connectivity index is 2.69. The van der Waals surface area contributed by atoms with Gasteiger partial charge in [0, 0.05) is 34.0 Å². The zero-order chi connectivity index (χ0) is 44.0. The first-order valence-electron chi connectivity index (χ1n) is 21.6. The first-order chi connectivity index (χ1) is 26.8. The summed E-state index contributed by atoms with van der Waals surface area (Å²) in [5, 5.41) is 25.3. The molecule has 0 aromatic heterocycles. The summed E-state index contributed by atoms with van der Waals surface area (Å²) in [6.45, 7) is 36.1. The number of phenolic OH excluding ortho intramolecular Hbond substituents is 1. The van der Waals surface area contributed by atoms with Gasteiger partial charge < -0.3 is 24.4 Å². The molecule has 322 valence electrons. The molecule has 0 saturated carbocycles. The van der Waals surface area contributed by atoms with Crippen LogP contribution in [0.4, 0.5) is 0 Å². The number of phenols is 1. The van der Waals surface area contributed by atoms with Crippen LogP contribution in [0.1, 0.15) is 192 Å². The van der Waals surface area contributed by atoms with Crippen molar-refractivity contribution in [2.75, 3.05) is 20.3 Å². The Morgan fingerprint density at radius 2 is 1.09 bits per heavy atom. The number of methoxy groups -OCH3 is 1. The van der Waals surface area contributed by atoms with Crippen molar-refractivity contribution in [2.24, 2.45) is 10.9 Å². The number of benzene rings is 3. The fourth-order valence-corrected chi connectivity index (χ4v) is 7.34. The van der Waals surface area contributed by atoms with E-state index in [4.69, 9.17) is 19.2 Å². The van der Waals surface area contributed by atoms with Crippen LogP contribution < -0.4 is 9.47 Å². The van der Waals surface area contributed by atoms with E-state index in [1.54, 1.807) is 12.3 Å². The lowest BCUT2D eigenvalue weighted by Crippen LogP contribution is -2.44. The van der Waals surface area contributed by atoms with Crippen LogP contribution in [0.2, 0.25) is 0 Å². The van der Waals surface area contributed by atoms with Crippen LogP contribution in [0.5, 0.6) is 17.2 Å². The predicted molar refractivity (Wildman–Crippen MR) is 242 cm³/mol. The Bertz CT molecular complexity index is 1720. The molecule has 0 saturated heterocycles. The quantitative estimate of drug-likeness (QED) is 0.0851. The standard InChI is InChI=1S/C51H77NO6/c1-18-21-25-57-43-38(47(5,6)7)28-36(29-39(43)48(8,9)10)51(55,45(33(4)20-3)52-32-35-27-34(46(54)56-17)23-24-42(35)53)37-30-40(49(11,12)13)44(58-26-22-19-2)41(31-37)50(14,15)16/h23-24,27-33,45,53,55H,18-22,25-26H2,1-17H3. The van der Waals surface area contributed by atoms with E-state index in [9.17, 15) is 15.0 Å². The second-order valence-corrected chi connectivity index (χ2v) is 20.3. The number of nitrogens with zero attached hydrogens (tertiary/aromatic N) is 1. The van der Waals surface area contributed by atoms with E-state index in [2.05, 4.69) is 135 Å². The van der Waals surface area contributed by atoms with Crippen LogP contribution in [-0.4, -0.2) is 48.8 Å². The molecule has 0 spiro atoms. The molecule has 7 heteroatoms. The molecule has 58 heavy (non-hydrogen) atoms. The van der Waals surface area contributed by atoms with E-state index < -0.39 is 17.6 Å². The van der Waals surface area contributed by atoms with Gasteiger partial charge in [0.15, 0.2) is 0 Å². The second-order valence-electron chi connectivity index (χ2n) is 20.3. The number of carbonyl (C=O) groups is 1. The molecular formula is C51H77NO6. The molecule has 2 N–H and O–H groups in total. The largest absolute Gasteiger partial charge is 0.507 e. The third-order valence-corrected chi connectivity index (χ3v) is 11.2. The maximum atomic E-state index is 14.3. The van der Waals surface area contributed by atoms with Gasteiger partial charge in [-0.05, 0) is 94.0 Å². The topological polar surface area (TPSA) is 97.6 Å². The summed E-state index contributed by atoms with van der Waals surface area (Å²) in [4.78, 5) is 17.8. The number of hydrogen-bond donors (Lipinski definition) is 2. The van der Waals surface area contributed by atoms with Crippen molar-refractivity contribution < 1.29 is 29.2 Å². The van der Waals surface area contributed by atoms with Crippen LogP contribution in [0.3, 0.4) is 0 Å². The molecule has 0 amide bonds. The monoisotopic (exact) mass is 800 g/mol. The smallest absolute Gasteiger partial charge is 0.337 e. The van der Waals surface area contributed by atoms with Crippen molar-refractivity contribution >= 4 is 12.2 Å². The fourth-order valence-electron chi connectivity index (χ4n) is 7.34. The average Bonchev–Trinajstić information content (AvgIpc) is 3.13. The highest BCUT2D eigenvalue weighted by Crippen LogP contribution is 2.50. The average molecular weight is 800 g/mol. The Morgan fingerprint density at radius 3 is 1.41 bits per heavy atom. The summed E-state index contributed by atoms with van der Waals surface area (Å²) >= 11 is 0. The zero-order valence-electron chi connectivity index (χ0n) is 39.2. The van der Waals surface area contributed by atoms with Gasteiger partial charge in [-0.3, -0.25) is 4.99 Å².